The second-order valence-electron chi connectivity index (χ2n) is 3.91. The highest BCUT2D eigenvalue weighted by molar-refractivity contribution is 9.10. The van der Waals surface area contributed by atoms with Crippen molar-refractivity contribution in [3.05, 3.63) is 22.3 Å². The van der Waals surface area contributed by atoms with Crippen molar-refractivity contribution in [2.45, 2.75) is 26.8 Å². The van der Waals surface area contributed by atoms with Gasteiger partial charge in [-0.25, -0.2) is 4.98 Å². The van der Waals surface area contributed by atoms with E-state index in [2.05, 4.69) is 40.1 Å². The Morgan fingerprint density at radius 2 is 2.13 bits per heavy atom. The van der Waals surface area contributed by atoms with E-state index in [1.165, 1.54) is 0 Å². The van der Waals surface area contributed by atoms with Crippen LogP contribution in [-0.2, 0) is 0 Å². The maximum atomic E-state index is 5.61. The van der Waals surface area contributed by atoms with Crippen LogP contribution < -0.4 is 11.1 Å². The van der Waals surface area contributed by atoms with Gasteiger partial charge >= 0.3 is 0 Å². The molecule has 1 heterocycles. The summed E-state index contributed by atoms with van der Waals surface area (Å²) in [5.41, 5.74) is 6.61. The first-order chi connectivity index (χ1) is 7.04. The predicted molar refractivity (Wildman–Crippen MR) is 68.0 cm³/mol. The van der Waals surface area contributed by atoms with Gasteiger partial charge in [0.2, 0.25) is 0 Å². The van der Waals surface area contributed by atoms with Gasteiger partial charge in [-0.3, -0.25) is 0 Å². The monoisotopic (exact) mass is 271 g/mol. The number of halogens is 1. The van der Waals surface area contributed by atoms with Gasteiger partial charge in [0.15, 0.2) is 0 Å². The van der Waals surface area contributed by atoms with Crippen molar-refractivity contribution in [3.8, 4) is 0 Å². The van der Waals surface area contributed by atoms with Crippen molar-refractivity contribution in [1.82, 2.24) is 4.98 Å². The third kappa shape index (κ3) is 3.47. The molecule has 3 N–H and O–H groups in total. The Balaban J connectivity index is 2.68. The van der Waals surface area contributed by atoms with Crippen LogP contribution in [0.3, 0.4) is 0 Å². The summed E-state index contributed by atoms with van der Waals surface area (Å²) >= 11 is 3.43. The average Bonchev–Trinajstić information content (AvgIpc) is 2.22. The summed E-state index contributed by atoms with van der Waals surface area (Å²) in [7, 11) is 0. The third-order valence-corrected chi connectivity index (χ3v) is 3.46. The van der Waals surface area contributed by atoms with Gasteiger partial charge in [0.05, 0.1) is 5.69 Å². The molecule has 3 nitrogen and oxygen atoms in total. The van der Waals surface area contributed by atoms with Crippen LogP contribution in [0.25, 0.3) is 0 Å². The molecular formula is C11H18BrN3. The summed E-state index contributed by atoms with van der Waals surface area (Å²) in [6, 6.07) is 4.31. The Morgan fingerprint density at radius 3 is 2.67 bits per heavy atom. The van der Waals surface area contributed by atoms with Gasteiger partial charge in [-0.05, 0) is 54.4 Å². The lowest BCUT2D eigenvalue weighted by Crippen LogP contribution is -2.29. The fourth-order valence-electron chi connectivity index (χ4n) is 1.20. The molecule has 1 rings (SSSR count). The molecule has 0 saturated heterocycles. The lowest BCUT2D eigenvalue weighted by molar-refractivity contribution is 0.520. The number of nitrogens with two attached hydrogens (primary N) is 1. The van der Waals surface area contributed by atoms with Crippen LogP contribution in [-0.4, -0.2) is 17.6 Å². The number of hydrogen-bond acceptors (Lipinski definition) is 3. The van der Waals surface area contributed by atoms with E-state index in [-0.39, 0.29) is 0 Å². The van der Waals surface area contributed by atoms with Crippen LogP contribution in [0.1, 0.15) is 19.5 Å². The Kier molecular flexibility index (Phi) is 4.54. The van der Waals surface area contributed by atoms with Crippen LogP contribution in [0.4, 0.5) is 5.82 Å². The van der Waals surface area contributed by atoms with E-state index in [1.54, 1.807) is 0 Å². The molecule has 0 amide bonds. The minimum atomic E-state index is 0.336. The van der Waals surface area contributed by atoms with Crippen molar-refractivity contribution >= 4 is 21.7 Å². The Morgan fingerprint density at radius 1 is 1.47 bits per heavy atom. The first-order valence-electron chi connectivity index (χ1n) is 5.14. The van der Waals surface area contributed by atoms with Crippen molar-refractivity contribution < 1.29 is 0 Å². The fraction of sp³-hybridized carbons (Fsp3) is 0.545. The number of aryl methyl sites for hydroxylation is 1. The number of anilines is 1. The van der Waals surface area contributed by atoms with Gasteiger partial charge in [0, 0.05) is 10.5 Å². The highest BCUT2D eigenvalue weighted by atomic mass is 79.9. The van der Waals surface area contributed by atoms with Gasteiger partial charge in [0.1, 0.15) is 5.82 Å². The van der Waals surface area contributed by atoms with E-state index in [4.69, 9.17) is 5.73 Å². The van der Waals surface area contributed by atoms with Crippen LogP contribution in [0.5, 0.6) is 0 Å². The summed E-state index contributed by atoms with van der Waals surface area (Å²) in [6.45, 7) is 6.91. The molecule has 0 spiro atoms. The molecule has 15 heavy (non-hydrogen) atoms. The van der Waals surface area contributed by atoms with E-state index in [0.717, 1.165) is 16.0 Å². The zero-order valence-corrected chi connectivity index (χ0v) is 11.0. The Labute approximate surface area is 99.6 Å². The van der Waals surface area contributed by atoms with Gasteiger partial charge in [-0.1, -0.05) is 6.92 Å². The molecule has 84 valence electrons. The topological polar surface area (TPSA) is 50.9 Å². The smallest absolute Gasteiger partial charge is 0.126 e. The van der Waals surface area contributed by atoms with E-state index >= 15 is 0 Å². The highest BCUT2D eigenvalue weighted by Crippen LogP contribution is 2.17. The number of nitrogens with zero attached hydrogens (tertiary/aromatic N) is 1. The van der Waals surface area contributed by atoms with Crippen molar-refractivity contribution in [3.63, 3.8) is 0 Å². The molecular weight excluding hydrogens is 254 g/mol. The van der Waals surface area contributed by atoms with Crippen LogP contribution in [0.2, 0.25) is 0 Å². The number of pyridine rings is 1. The molecule has 0 aliphatic heterocycles. The maximum Gasteiger partial charge on any atom is 0.126 e. The summed E-state index contributed by atoms with van der Waals surface area (Å²) in [5.74, 6) is 1.35. The van der Waals surface area contributed by atoms with Gasteiger partial charge in [-0.15, -0.1) is 0 Å². The fourth-order valence-corrected chi connectivity index (χ4v) is 1.42. The minimum Gasteiger partial charge on any atom is -0.367 e. The number of hydrogen-bond donors (Lipinski definition) is 2. The van der Waals surface area contributed by atoms with Crippen LogP contribution >= 0.6 is 15.9 Å². The highest BCUT2D eigenvalue weighted by Gasteiger charge is 2.10. The lowest BCUT2D eigenvalue weighted by Gasteiger charge is -2.20. The normalized spacial score (nSPS) is 14.7. The zero-order chi connectivity index (χ0) is 11.4. The molecule has 0 radical (unpaired) electrons. The van der Waals surface area contributed by atoms with E-state index < -0.39 is 0 Å². The van der Waals surface area contributed by atoms with Gasteiger partial charge in [-0.2, -0.15) is 0 Å². The van der Waals surface area contributed by atoms with E-state index in [0.29, 0.717) is 18.5 Å². The molecule has 0 bridgehead atoms. The molecule has 2 unspecified atom stereocenters. The van der Waals surface area contributed by atoms with Gasteiger partial charge < -0.3 is 11.1 Å². The molecule has 1 aromatic heterocycles. The Hall–Kier alpha value is -0.610. The third-order valence-electron chi connectivity index (χ3n) is 2.62. The molecule has 0 aromatic carbocycles. The standard InChI is InChI=1S/C11H18BrN3/c1-7(6-13)8(2)14-11-5-4-10(12)9(3)15-11/h4-5,7-8H,6,13H2,1-3H3,(H,14,15). The molecule has 0 aliphatic carbocycles. The van der Waals surface area contributed by atoms with Crippen LogP contribution in [0.15, 0.2) is 16.6 Å². The molecule has 0 aliphatic rings. The maximum absolute atomic E-state index is 5.61. The summed E-state index contributed by atoms with van der Waals surface area (Å²) in [6.07, 6.45) is 0. The number of rotatable bonds is 4. The quantitative estimate of drug-likeness (QED) is 0.885. The van der Waals surface area contributed by atoms with Crippen molar-refractivity contribution in [1.29, 1.82) is 0 Å². The molecule has 1 aromatic rings. The first-order valence-corrected chi connectivity index (χ1v) is 5.93. The second-order valence-corrected chi connectivity index (χ2v) is 4.76. The molecule has 0 saturated carbocycles. The van der Waals surface area contributed by atoms with Gasteiger partial charge in [0.25, 0.3) is 0 Å². The van der Waals surface area contributed by atoms with Crippen molar-refractivity contribution in [2.24, 2.45) is 11.7 Å². The first kappa shape index (κ1) is 12.5. The van der Waals surface area contributed by atoms with E-state index in [1.807, 2.05) is 19.1 Å². The molecule has 2 atom stereocenters. The summed E-state index contributed by atoms with van der Waals surface area (Å²) < 4.78 is 1.03. The summed E-state index contributed by atoms with van der Waals surface area (Å²) in [5, 5.41) is 3.35. The number of aromatic nitrogens is 1. The lowest BCUT2D eigenvalue weighted by atomic mass is 10.0. The largest absolute Gasteiger partial charge is 0.367 e. The minimum absolute atomic E-state index is 0.336. The zero-order valence-electron chi connectivity index (χ0n) is 9.42. The predicted octanol–water partition coefficient (Wildman–Crippen LogP) is 2.55. The SMILES string of the molecule is Cc1nc(NC(C)C(C)CN)ccc1Br. The Bertz CT molecular complexity index is 328. The molecule has 0 fully saturated rings. The van der Waals surface area contributed by atoms with E-state index in [9.17, 15) is 0 Å². The average molecular weight is 272 g/mol. The van der Waals surface area contributed by atoms with Crippen molar-refractivity contribution in [2.75, 3.05) is 11.9 Å². The second kappa shape index (κ2) is 5.47. The summed E-state index contributed by atoms with van der Waals surface area (Å²) in [4.78, 5) is 4.43. The van der Waals surface area contributed by atoms with Crippen LogP contribution in [0, 0.1) is 12.8 Å². The number of nitrogens with one attached hydrogen (secondary N) is 1. The molecule has 4 heteroatoms.